The molecule has 1 rings (SSSR count). The summed E-state index contributed by atoms with van der Waals surface area (Å²) in [4.78, 5) is 0. The van der Waals surface area contributed by atoms with Crippen molar-refractivity contribution in [1.29, 1.82) is 0 Å². The number of ether oxygens (including phenoxy) is 1. The third-order valence-electron chi connectivity index (χ3n) is 2.25. The molecule has 0 spiro atoms. The van der Waals surface area contributed by atoms with Gasteiger partial charge in [0.05, 0.1) is 17.6 Å². The molecular formula is C12H18ClNOS. The van der Waals surface area contributed by atoms with Crippen LogP contribution in [0.3, 0.4) is 0 Å². The second kappa shape index (κ2) is 7.85. The van der Waals surface area contributed by atoms with Crippen molar-refractivity contribution in [2.45, 2.75) is 19.4 Å². The molecule has 1 heterocycles. The molecule has 0 bridgehead atoms. The van der Waals surface area contributed by atoms with E-state index in [1.54, 1.807) is 11.3 Å². The van der Waals surface area contributed by atoms with Crippen molar-refractivity contribution in [3.63, 3.8) is 0 Å². The lowest BCUT2D eigenvalue weighted by molar-refractivity contribution is 0.138. The quantitative estimate of drug-likeness (QED) is 0.568. The van der Waals surface area contributed by atoms with Crippen molar-refractivity contribution in [2.24, 2.45) is 0 Å². The Bertz CT molecular complexity index is 314. The highest BCUT2D eigenvalue weighted by atomic mass is 35.5. The Morgan fingerprint density at radius 2 is 2.44 bits per heavy atom. The molecule has 2 nitrogen and oxygen atoms in total. The van der Waals surface area contributed by atoms with Gasteiger partial charge in [0.25, 0.3) is 0 Å². The summed E-state index contributed by atoms with van der Waals surface area (Å²) in [5.74, 6) is 0. The van der Waals surface area contributed by atoms with E-state index in [1.807, 2.05) is 12.1 Å². The number of hydrogen-bond acceptors (Lipinski definition) is 3. The van der Waals surface area contributed by atoms with E-state index in [0.29, 0.717) is 6.04 Å². The molecule has 4 heteroatoms. The second-order valence-corrected chi connectivity index (χ2v) is 5.09. The Morgan fingerprint density at radius 3 is 3.06 bits per heavy atom. The molecule has 16 heavy (non-hydrogen) atoms. The third kappa shape index (κ3) is 5.12. The van der Waals surface area contributed by atoms with Crippen molar-refractivity contribution in [1.82, 2.24) is 5.32 Å². The summed E-state index contributed by atoms with van der Waals surface area (Å²) in [6.45, 7) is 8.11. The van der Waals surface area contributed by atoms with Gasteiger partial charge in [-0.15, -0.1) is 17.9 Å². The Balaban J connectivity index is 2.11. The molecule has 1 unspecified atom stereocenters. The molecule has 1 N–H and O–H groups in total. The van der Waals surface area contributed by atoms with Gasteiger partial charge in [-0.1, -0.05) is 17.7 Å². The zero-order valence-electron chi connectivity index (χ0n) is 9.54. The van der Waals surface area contributed by atoms with E-state index < -0.39 is 0 Å². The molecule has 0 saturated carbocycles. The highest BCUT2D eigenvalue weighted by molar-refractivity contribution is 7.14. The number of rotatable bonds is 8. The topological polar surface area (TPSA) is 21.3 Å². The van der Waals surface area contributed by atoms with E-state index in [-0.39, 0.29) is 0 Å². The lowest BCUT2D eigenvalue weighted by Crippen LogP contribution is -2.23. The summed E-state index contributed by atoms with van der Waals surface area (Å²) in [5.41, 5.74) is 1.24. The fraction of sp³-hybridized carbons (Fsp3) is 0.500. The fourth-order valence-electron chi connectivity index (χ4n) is 1.28. The molecule has 1 atom stereocenters. The Hall–Kier alpha value is -0.350. The van der Waals surface area contributed by atoms with Crippen LogP contribution in [0, 0.1) is 0 Å². The average molecular weight is 260 g/mol. The van der Waals surface area contributed by atoms with Crippen LogP contribution in [-0.4, -0.2) is 19.8 Å². The van der Waals surface area contributed by atoms with Gasteiger partial charge in [0.2, 0.25) is 0 Å². The van der Waals surface area contributed by atoms with Crippen molar-refractivity contribution in [2.75, 3.05) is 19.8 Å². The third-order valence-corrected chi connectivity index (χ3v) is 3.36. The standard InChI is InChI=1S/C12H18ClNOS/c1-3-4-6-15-7-5-14-10(2)11-8-12(13)16-9-11/h3,8-10,14H,1,4-7H2,2H3. The Morgan fingerprint density at radius 1 is 1.62 bits per heavy atom. The SMILES string of the molecule is C=CCCOCCNC(C)c1csc(Cl)c1. The summed E-state index contributed by atoms with van der Waals surface area (Å²) < 4.78 is 6.25. The van der Waals surface area contributed by atoms with Crippen LogP contribution in [0.2, 0.25) is 4.34 Å². The van der Waals surface area contributed by atoms with E-state index in [1.165, 1.54) is 5.56 Å². The minimum absolute atomic E-state index is 0.326. The van der Waals surface area contributed by atoms with Crippen molar-refractivity contribution in [3.05, 3.63) is 34.0 Å². The molecule has 0 saturated heterocycles. The highest BCUT2D eigenvalue weighted by Crippen LogP contribution is 2.24. The molecular weight excluding hydrogens is 242 g/mol. The summed E-state index contributed by atoms with van der Waals surface area (Å²) >= 11 is 7.45. The van der Waals surface area contributed by atoms with Gasteiger partial charge in [0.1, 0.15) is 0 Å². The first-order chi connectivity index (χ1) is 7.74. The molecule has 0 aliphatic rings. The number of hydrogen-bond donors (Lipinski definition) is 1. The first-order valence-electron chi connectivity index (χ1n) is 5.40. The van der Waals surface area contributed by atoms with Gasteiger partial charge in [-0.05, 0) is 30.4 Å². The molecule has 90 valence electrons. The predicted octanol–water partition coefficient (Wildman–Crippen LogP) is 3.64. The van der Waals surface area contributed by atoms with Gasteiger partial charge in [0.15, 0.2) is 0 Å². The van der Waals surface area contributed by atoms with E-state index in [0.717, 1.165) is 30.5 Å². The lowest BCUT2D eigenvalue weighted by Gasteiger charge is -2.12. The number of thiophene rings is 1. The van der Waals surface area contributed by atoms with Crippen LogP contribution in [0.15, 0.2) is 24.1 Å². The number of nitrogens with one attached hydrogen (secondary N) is 1. The van der Waals surface area contributed by atoms with E-state index >= 15 is 0 Å². The summed E-state index contributed by atoms with van der Waals surface area (Å²) in [7, 11) is 0. The molecule has 1 aromatic rings. The molecule has 0 aliphatic heterocycles. The maximum atomic E-state index is 5.88. The maximum absolute atomic E-state index is 5.88. The van der Waals surface area contributed by atoms with Gasteiger partial charge in [-0.3, -0.25) is 0 Å². The smallest absolute Gasteiger partial charge is 0.0931 e. The average Bonchev–Trinajstić information content (AvgIpc) is 2.70. The first kappa shape index (κ1) is 13.7. The summed E-state index contributed by atoms with van der Waals surface area (Å²) in [6.07, 6.45) is 2.78. The van der Waals surface area contributed by atoms with Crippen LogP contribution in [0.25, 0.3) is 0 Å². The van der Waals surface area contributed by atoms with Crippen molar-refractivity contribution >= 4 is 22.9 Å². The first-order valence-corrected chi connectivity index (χ1v) is 6.65. The maximum Gasteiger partial charge on any atom is 0.0931 e. The molecule has 0 fully saturated rings. The van der Waals surface area contributed by atoms with Crippen molar-refractivity contribution in [3.8, 4) is 0 Å². The minimum atomic E-state index is 0.326. The monoisotopic (exact) mass is 259 g/mol. The number of halogens is 1. The Kier molecular flexibility index (Phi) is 6.73. The van der Waals surface area contributed by atoms with E-state index in [9.17, 15) is 0 Å². The van der Waals surface area contributed by atoms with Crippen LogP contribution >= 0.6 is 22.9 Å². The second-order valence-electron chi connectivity index (χ2n) is 3.55. The van der Waals surface area contributed by atoms with Gasteiger partial charge < -0.3 is 10.1 Å². The zero-order chi connectivity index (χ0) is 11.8. The van der Waals surface area contributed by atoms with Crippen LogP contribution in [-0.2, 0) is 4.74 Å². The zero-order valence-corrected chi connectivity index (χ0v) is 11.1. The van der Waals surface area contributed by atoms with Crippen LogP contribution in [0.5, 0.6) is 0 Å². The van der Waals surface area contributed by atoms with Crippen LogP contribution in [0.1, 0.15) is 24.9 Å². The molecule has 1 aromatic heterocycles. The Labute approximate surface area is 106 Å². The molecule has 0 aliphatic carbocycles. The molecule has 0 aromatic carbocycles. The lowest BCUT2D eigenvalue weighted by atomic mass is 10.2. The van der Waals surface area contributed by atoms with Crippen LogP contribution in [0.4, 0.5) is 0 Å². The molecule has 0 radical (unpaired) electrons. The molecule has 0 amide bonds. The van der Waals surface area contributed by atoms with Crippen molar-refractivity contribution < 1.29 is 4.74 Å². The summed E-state index contributed by atoms with van der Waals surface area (Å²) in [6, 6.07) is 2.33. The largest absolute Gasteiger partial charge is 0.380 e. The van der Waals surface area contributed by atoms with Gasteiger partial charge in [0, 0.05) is 12.6 Å². The van der Waals surface area contributed by atoms with Gasteiger partial charge in [-0.2, -0.15) is 0 Å². The van der Waals surface area contributed by atoms with E-state index in [4.69, 9.17) is 16.3 Å². The highest BCUT2D eigenvalue weighted by Gasteiger charge is 2.06. The van der Waals surface area contributed by atoms with E-state index in [2.05, 4.69) is 24.2 Å². The fourth-order valence-corrected chi connectivity index (χ4v) is 2.27. The van der Waals surface area contributed by atoms with Gasteiger partial charge in [-0.25, -0.2) is 0 Å². The minimum Gasteiger partial charge on any atom is -0.380 e. The summed E-state index contributed by atoms with van der Waals surface area (Å²) in [5, 5.41) is 5.47. The predicted molar refractivity (Wildman–Crippen MR) is 71.4 cm³/mol. The normalized spacial score (nSPS) is 12.6. The van der Waals surface area contributed by atoms with Gasteiger partial charge >= 0.3 is 0 Å². The van der Waals surface area contributed by atoms with Crippen LogP contribution < -0.4 is 5.32 Å².